The zero-order valence-electron chi connectivity index (χ0n) is 15.7. The van der Waals surface area contributed by atoms with Crippen LogP contribution in [0.3, 0.4) is 0 Å². The molecule has 2 unspecified atom stereocenters. The molecule has 0 aliphatic carbocycles. The van der Waals surface area contributed by atoms with Crippen LogP contribution in [0.25, 0.3) is 0 Å². The average molecular weight is 339 g/mol. The first-order valence-corrected chi connectivity index (χ1v) is 10.3. The van der Waals surface area contributed by atoms with Crippen molar-refractivity contribution in [2.75, 3.05) is 0 Å². The quantitative estimate of drug-likeness (QED) is 0.237. The molecule has 1 aliphatic heterocycles. The lowest BCUT2D eigenvalue weighted by Gasteiger charge is -2.07. The third kappa shape index (κ3) is 10.9. The van der Waals surface area contributed by atoms with Crippen molar-refractivity contribution >= 4 is 5.97 Å². The van der Waals surface area contributed by atoms with Gasteiger partial charge in [0.1, 0.15) is 6.10 Å². The molecule has 1 saturated heterocycles. The van der Waals surface area contributed by atoms with Gasteiger partial charge in [0.15, 0.2) is 6.10 Å². The van der Waals surface area contributed by atoms with Crippen LogP contribution in [0.4, 0.5) is 0 Å². The largest absolute Gasteiger partial charge is 0.460 e. The Morgan fingerprint density at radius 3 is 2.00 bits per heavy atom. The molecule has 24 heavy (non-hydrogen) atoms. The fourth-order valence-corrected chi connectivity index (χ4v) is 3.26. The topological polar surface area (TPSA) is 46.5 Å². The minimum absolute atomic E-state index is 0.0441. The molecule has 2 atom stereocenters. The summed E-state index contributed by atoms with van der Waals surface area (Å²) in [7, 11) is 0. The van der Waals surface area contributed by atoms with Gasteiger partial charge in [0, 0.05) is 6.42 Å². The Kier molecular flexibility index (Phi) is 12.8. The van der Waals surface area contributed by atoms with Gasteiger partial charge in [0.2, 0.25) is 0 Å². The molecule has 0 aromatic heterocycles. The standard InChI is InChI=1S/C21H38O3/c1-2-3-4-5-6-7-8-9-10-11-12-13-14-15-16-17-19-18-20(22)21(23)24-19/h9-10,19-20,22H,2-8,11-18H2,1H3/b10-9+. The van der Waals surface area contributed by atoms with Gasteiger partial charge in [-0.1, -0.05) is 70.4 Å². The van der Waals surface area contributed by atoms with Crippen LogP contribution >= 0.6 is 0 Å². The highest BCUT2D eigenvalue weighted by Crippen LogP contribution is 2.20. The number of rotatable bonds is 15. The summed E-state index contributed by atoms with van der Waals surface area (Å²) >= 11 is 0. The van der Waals surface area contributed by atoms with Crippen molar-refractivity contribution in [3.05, 3.63) is 12.2 Å². The van der Waals surface area contributed by atoms with E-state index in [1.54, 1.807) is 0 Å². The third-order valence-corrected chi connectivity index (χ3v) is 4.83. The number of esters is 1. The number of aliphatic hydroxyl groups excluding tert-OH is 1. The van der Waals surface area contributed by atoms with E-state index in [1.165, 1.54) is 77.0 Å². The number of hydrogen-bond acceptors (Lipinski definition) is 3. The molecule has 1 rings (SSSR count). The van der Waals surface area contributed by atoms with E-state index >= 15 is 0 Å². The lowest BCUT2D eigenvalue weighted by atomic mass is 10.0. The molecule has 0 amide bonds. The summed E-state index contributed by atoms with van der Waals surface area (Å²) in [6, 6.07) is 0. The minimum Gasteiger partial charge on any atom is -0.460 e. The molecular formula is C21H38O3. The molecule has 140 valence electrons. The first-order valence-electron chi connectivity index (χ1n) is 10.3. The van der Waals surface area contributed by atoms with Gasteiger partial charge in [-0.3, -0.25) is 0 Å². The smallest absolute Gasteiger partial charge is 0.335 e. The normalized spacial score (nSPS) is 20.8. The summed E-state index contributed by atoms with van der Waals surface area (Å²) in [5, 5.41) is 9.31. The van der Waals surface area contributed by atoms with Crippen molar-refractivity contribution in [3.8, 4) is 0 Å². The fraction of sp³-hybridized carbons (Fsp3) is 0.857. The Balaban J connectivity index is 1.77. The van der Waals surface area contributed by atoms with E-state index in [0.29, 0.717) is 6.42 Å². The van der Waals surface area contributed by atoms with E-state index in [-0.39, 0.29) is 6.10 Å². The van der Waals surface area contributed by atoms with Crippen LogP contribution in [0.2, 0.25) is 0 Å². The van der Waals surface area contributed by atoms with Gasteiger partial charge in [0.25, 0.3) is 0 Å². The number of allylic oxidation sites excluding steroid dienone is 2. The number of carbonyl (C=O) groups excluding carboxylic acids is 1. The monoisotopic (exact) mass is 338 g/mol. The molecule has 1 N–H and O–H groups in total. The average Bonchev–Trinajstić information content (AvgIpc) is 2.89. The minimum atomic E-state index is -0.877. The summed E-state index contributed by atoms with van der Waals surface area (Å²) < 4.78 is 5.09. The molecule has 0 saturated carbocycles. The Labute approximate surface area is 148 Å². The van der Waals surface area contributed by atoms with Crippen molar-refractivity contribution in [1.29, 1.82) is 0 Å². The molecule has 0 radical (unpaired) electrons. The number of unbranched alkanes of at least 4 members (excludes halogenated alkanes) is 11. The Hall–Kier alpha value is -0.830. The van der Waals surface area contributed by atoms with E-state index in [2.05, 4.69) is 19.1 Å². The molecule has 3 nitrogen and oxygen atoms in total. The zero-order valence-corrected chi connectivity index (χ0v) is 15.7. The molecule has 0 bridgehead atoms. The van der Waals surface area contributed by atoms with Crippen molar-refractivity contribution < 1.29 is 14.6 Å². The number of hydrogen-bond donors (Lipinski definition) is 1. The zero-order chi connectivity index (χ0) is 17.5. The predicted octanol–water partition coefficient (Wildman–Crippen LogP) is 5.70. The highest BCUT2D eigenvalue weighted by Gasteiger charge is 2.31. The van der Waals surface area contributed by atoms with E-state index in [9.17, 15) is 9.90 Å². The van der Waals surface area contributed by atoms with E-state index in [4.69, 9.17) is 4.74 Å². The molecule has 0 spiro atoms. The Bertz CT molecular complexity index is 338. The number of ether oxygens (including phenoxy) is 1. The van der Waals surface area contributed by atoms with E-state index in [1.807, 2.05) is 0 Å². The summed E-state index contributed by atoms with van der Waals surface area (Å²) in [6.07, 6.45) is 22.0. The van der Waals surface area contributed by atoms with Gasteiger partial charge in [-0.25, -0.2) is 4.79 Å². The SMILES string of the molecule is CCCCCCCC/C=C/CCCCCCCC1CC(O)C(=O)O1. The second-order valence-corrected chi connectivity index (χ2v) is 7.18. The summed E-state index contributed by atoms with van der Waals surface area (Å²) in [4.78, 5) is 11.1. The molecule has 1 heterocycles. The summed E-state index contributed by atoms with van der Waals surface area (Å²) in [5.41, 5.74) is 0. The molecule has 0 aromatic carbocycles. The first kappa shape index (κ1) is 21.2. The highest BCUT2D eigenvalue weighted by atomic mass is 16.6. The fourth-order valence-electron chi connectivity index (χ4n) is 3.26. The second kappa shape index (κ2) is 14.5. The van der Waals surface area contributed by atoms with Crippen LogP contribution in [-0.2, 0) is 9.53 Å². The number of carbonyl (C=O) groups is 1. The van der Waals surface area contributed by atoms with Gasteiger partial charge < -0.3 is 9.84 Å². The maximum Gasteiger partial charge on any atom is 0.335 e. The number of aliphatic hydroxyl groups is 1. The first-order chi connectivity index (χ1) is 11.7. The van der Waals surface area contributed by atoms with E-state index < -0.39 is 12.1 Å². The molecule has 0 aromatic rings. The lowest BCUT2D eigenvalue weighted by molar-refractivity contribution is -0.147. The second-order valence-electron chi connectivity index (χ2n) is 7.18. The van der Waals surface area contributed by atoms with Gasteiger partial charge >= 0.3 is 5.97 Å². The van der Waals surface area contributed by atoms with Crippen molar-refractivity contribution in [2.45, 2.75) is 115 Å². The van der Waals surface area contributed by atoms with Gasteiger partial charge in [-0.05, 0) is 38.5 Å². The van der Waals surface area contributed by atoms with Crippen LogP contribution in [0.5, 0.6) is 0 Å². The lowest BCUT2D eigenvalue weighted by Crippen LogP contribution is -2.11. The van der Waals surface area contributed by atoms with Gasteiger partial charge in [-0.2, -0.15) is 0 Å². The van der Waals surface area contributed by atoms with Gasteiger partial charge in [-0.15, -0.1) is 0 Å². The van der Waals surface area contributed by atoms with Crippen LogP contribution in [-0.4, -0.2) is 23.3 Å². The highest BCUT2D eigenvalue weighted by molar-refractivity contribution is 5.76. The predicted molar refractivity (Wildman–Crippen MR) is 100.0 cm³/mol. The Morgan fingerprint density at radius 1 is 0.917 bits per heavy atom. The molecule has 1 fully saturated rings. The number of cyclic esters (lactones) is 1. The van der Waals surface area contributed by atoms with Crippen LogP contribution in [0.15, 0.2) is 12.2 Å². The maximum absolute atomic E-state index is 11.1. The van der Waals surface area contributed by atoms with Crippen molar-refractivity contribution in [3.63, 3.8) is 0 Å². The molecule has 3 heteroatoms. The van der Waals surface area contributed by atoms with Crippen molar-refractivity contribution in [2.24, 2.45) is 0 Å². The third-order valence-electron chi connectivity index (χ3n) is 4.83. The van der Waals surface area contributed by atoms with Crippen LogP contribution in [0.1, 0.15) is 103 Å². The van der Waals surface area contributed by atoms with Crippen LogP contribution < -0.4 is 0 Å². The molecule has 1 aliphatic rings. The summed E-state index contributed by atoms with van der Waals surface area (Å²) in [6.45, 7) is 2.26. The maximum atomic E-state index is 11.1. The molecular weight excluding hydrogens is 300 g/mol. The Morgan fingerprint density at radius 2 is 1.46 bits per heavy atom. The van der Waals surface area contributed by atoms with Gasteiger partial charge in [0.05, 0.1) is 0 Å². The van der Waals surface area contributed by atoms with Crippen molar-refractivity contribution in [1.82, 2.24) is 0 Å². The van der Waals surface area contributed by atoms with Crippen LogP contribution in [0, 0.1) is 0 Å². The van der Waals surface area contributed by atoms with E-state index in [0.717, 1.165) is 12.8 Å². The summed E-state index contributed by atoms with van der Waals surface area (Å²) in [5.74, 6) is -0.437.